The third kappa shape index (κ3) is 3.22. The first kappa shape index (κ1) is 13.2. The summed E-state index contributed by atoms with van der Waals surface area (Å²) in [6, 6.07) is 6.48. The van der Waals surface area contributed by atoms with Crippen LogP contribution in [-0.4, -0.2) is 57.4 Å². The largest absolute Gasteiger partial charge is 0.382 e. The Morgan fingerprint density at radius 1 is 1.16 bits per heavy atom. The Bertz CT molecular complexity index is 435. The molecule has 5 heteroatoms. The fourth-order valence-electron chi connectivity index (χ4n) is 2.69. The molecule has 2 aliphatic heterocycles. The summed E-state index contributed by atoms with van der Waals surface area (Å²) in [6.45, 7) is 8.22. The minimum atomic E-state index is 0.880. The van der Waals surface area contributed by atoms with Crippen molar-refractivity contribution >= 4 is 27.3 Å². The summed E-state index contributed by atoms with van der Waals surface area (Å²) in [5, 5.41) is 3.47. The molecule has 0 bridgehead atoms. The maximum Gasteiger partial charge on any atom is 0.0603 e. The second-order valence-electron chi connectivity index (χ2n) is 5.03. The standard InChI is InChI=1S/C14H20BrN3O/c15-12-1-2-14-13(11-12)16-3-4-18(14)6-5-17-7-9-19-10-8-17/h1-2,11,16H,3-10H2. The zero-order valence-corrected chi connectivity index (χ0v) is 12.7. The van der Waals surface area contributed by atoms with E-state index in [0.29, 0.717) is 0 Å². The van der Waals surface area contributed by atoms with Gasteiger partial charge in [0.05, 0.1) is 24.6 Å². The van der Waals surface area contributed by atoms with Crippen molar-refractivity contribution in [3.05, 3.63) is 22.7 Å². The smallest absolute Gasteiger partial charge is 0.0603 e. The van der Waals surface area contributed by atoms with Gasteiger partial charge >= 0.3 is 0 Å². The van der Waals surface area contributed by atoms with E-state index in [1.807, 2.05) is 0 Å². The number of hydrogen-bond acceptors (Lipinski definition) is 4. The van der Waals surface area contributed by atoms with Crippen LogP contribution in [0.1, 0.15) is 0 Å². The molecule has 1 fully saturated rings. The minimum absolute atomic E-state index is 0.880. The van der Waals surface area contributed by atoms with Crippen molar-refractivity contribution in [1.29, 1.82) is 0 Å². The molecule has 1 aromatic rings. The van der Waals surface area contributed by atoms with E-state index in [1.54, 1.807) is 0 Å². The predicted molar refractivity (Wildman–Crippen MR) is 82.1 cm³/mol. The molecule has 0 spiro atoms. The van der Waals surface area contributed by atoms with Crippen LogP contribution in [0.4, 0.5) is 11.4 Å². The Labute approximate surface area is 122 Å². The van der Waals surface area contributed by atoms with Gasteiger partial charge in [0.1, 0.15) is 0 Å². The number of morpholine rings is 1. The van der Waals surface area contributed by atoms with E-state index in [4.69, 9.17) is 4.74 Å². The van der Waals surface area contributed by atoms with E-state index in [9.17, 15) is 0 Å². The van der Waals surface area contributed by atoms with Crippen molar-refractivity contribution in [2.75, 3.05) is 62.7 Å². The van der Waals surface area contributed by atoms with Crippen molar-refractivity contribution in [2.24, 2.45) is 0 Å². The first-order chi connectivity index (χ1) is 9.33. The van der Waals surface area contributed by atoms with Crippen LogP contribution in [-0.2, 0) is 4.74 Å². The Balaban J connectivity index is 1.63. The summed E-state index contributed by atoms with van der Waals surface area (Å²) in [4.78, 5) is 4.97. The lowest BCUT2D eigenvalue weighted by molar-refractivity contribution is 0.0392. The highest BCUT2D eigenvalue weighted by Gasteiger charge is 2.18. The van der Waals surface area contributed by atoms with Crippen LogP contribution in [0.3, 0.4) is 0 Å². The molecule has 0 aromatic heterocycles. The molecule has 2 aliphatic rings. The number of rotatable bonds is 3. The van der Waals surface area contributed by atoms with E-state index < -0.39 is 0 Å². The molecule has 2 heterocycles. The molecule has 0 aliphatic carbocycles. The van der Waals surface area contributed by atoms with Crippen LogP contribution >= 0.6 is 15.9 Å². The van der Waals surface area contributed by atoms with Gasteiger partial charge in [0.25, 0.3) is 0 Å². The Morgan fingerprint density at radius 3 is 2.84 bits per heavy atom. The van der Waals surface area contributed by atoms with Crippen LogP contribution in [0.2, 0.25) is 0 Å². The number of benzene rings is 1. The van der Waals surface area contributed by atoms with Gasteiger partial charge in [-0.25, -0.2) is 0 Å². The first-order valence-corrected chi connectivity index (χ1v) is 7.71. The van der Waals surface area contributed by atoms with Crippen LogP contribution in [0, 0.1) is 0 Å². The molecule has 3 rings (SSSR count). The van der Waals surface area contributed by atoms with Gasteiger partial charge in [-0.15, -0.1) is 0 Å². The highest BCUT2D eigenvalue weighted by atomic mass is 79.9. The van der Waals surface area contributed by atoms with Crippen molar-refractivity contribution in [3.63, 3.8) is 0 Å². The van der Waals surface area contributed by atoms with Gasteiger partial charge in [-0.3, -0.25) is 4.90 Å². The van der Waals surface area contributed by atoms with Crippen LogP contribution in [0.25, 0.3) is 0 Å². The highest BCUT2D eigenvalue weighted by molar-refractivity contribution is 9.10. The monoisotopic (exact) mass is 325 g/mol. The fraction of sp³-hybridized carbons (Fsp3) is 0.571. The van der Waals surface area contributed by atoms with Crippen molar-refractivity contribution in [3.8, 4) is 0 Å². The number of hydrogen-bond donors (Lipinski definition) is 1. The molecule has 0 atom stereocenters. The third-order valence-electron chi connectivity index (χ3n) is 3.79. The summed E-state index contributed by atoms with van der Waals surface area (Å²) < 4.78 is 6.52. The predicted octanol–water partition coefficient (Wildman–Crippen LogP) is 2.01. The van der Waals surface area contributed by atoms with Crippen LogP contribution in [0.15, 0.2) is 22.7 Å². The van der Waals surface area contributed by atoms with Gasteiger partial charge in [-0.1, -0.05) is 15.9 Å². The average Bonchev–Trinajstić information content (AvgIpc) is 2.45. The van der Waals surface area contributed by atoms with Crippen molar-refractivity contribution in [2.45, 2.75) is 0 Å². The average molecular weight is 326 g/mol. The zero-order valence-electron chi connectivity index (χ0n) is 11.1. The lowest BCUT2D eigenvalue weighted by Gasteiger charge is -2.35. The molecule has 1 N–H and O–H groups in total. The molecule has 4 nitrogen and oxygen atoms in total. The van der Waals surface area contributed by atoms with Crippen LogP contribution < -0.4 is 10.2 Å². The molecule has 0 saturated carbocycles. The molecule has 0 radical (unpaired) electrons. The van der Waals surface area contributed by atoms with E-state index in [0.717, 1.165) is 57.0 Å². The summed E-state index contributed by atoms with van der Waals surface area (Å²) in [6.07, 6.45) is 0. The van der Waals surface area contributed by atoms with Gasteiger partial charge in [0.15, 0.2) is 0 Å². The molecule has 1 saturated heterocycles. The number of fused-ring (bicyclic) bond motifs is 1. The lowest BCUT2D eigenvalue weighted by atomic mass is 10.2. The molecular weight excluding hydrogens is 306 g/mol. The van der Waals surface area contributed by atoms with Gasteiger partial charge < -0.3 is 15.0 Å². The molecule has 19 heavy (non-hydrogen) atoms. The number of nitrogens with zero attached hydrogens (tertiary/aromatic N) is 2. The number of halogens is 1. The fourth-order valence-corrected chi connectivity index (χ4v) is 3.05. The van der Waals surface area contributed by atoms with Gasteiger partial charge in [0, 0.05) is 43.7 Å². The van der Waals surface area contributed by atoms with Crippen molar-refractivity contribution in [1.82, 2.24) is 4.90 Å². The summed E-state index contributed by atoms with van der Waals surface area (Å²) in [7, 11) is 0. The second-order valence-corrected chi connectivity index (χ2v) is 5.94. The molecule has 0 amide bonds. The summed E-state index contributed by atoms with van der Waals surface area (Å²) >= 11 is 3.53. The Kier molecular flexibility index (Phi) is 4.25. The molecular formula is C14H20BrN3O. The van der Waals surface area contributed by atoms with E-state index in [1.165, 1.54) is 11.4 Å². The van der Waals surface area contributed by atoms with Crippen LogP contribution in [0.5, 0.6) is 0 Å². The first-order valence-electron chi connectivity index (χ1n) is 6.91. The quantitative estimate of drug-likeness (QED) is 0.920. The summed E-state index contributed by atoms with van der Waals surface area (Å²) in [5.41, 5.74) is 2.56. The molecule has 1 aromatic carbocycles. The van der Waals surface area contributed by atoms with Crippen molar-refractivity contribution < 1.29 is 4.74 Å². The van der Waals surface area contributed by atoms with E-state index in [2.05, 4.69) is 49.2 Å². The zero-order chi connectivity index (χ0) is 13.1. The van der Waals surface area contributed by atoms with E-state index >= 15 is 0 Å². The molecule has 104 valence electrons. The minimum Gasteiger partial charge on any atom is -0.382 e. The highest BCUT2D eigenvalue weighted by Crippen LogP contribution is 2.31. The Hall–Kier alpha value is -0.780. The topological polar surface area (TPSA) is 27.7 Å². The third-order valence-corrected chi connectivity index (χ3v) is 4.28. The maximum atomic E-state index is 5.39. The summed E-state index contributed by atoms with van der Waals surface area (Å²) in [5.74, 6) is 0. The normalized spacial score (nSPS) is 19.9. The van der Waals surface area contributed by atoms with Gasteiger partial charge in [0.2, 0.25) is 0 Å². The number of anilines is 2. The number of nitrogens with one attached hydrogen (secondary N) is 1. The SMILES string of the molecule is Brc1ccc2c(c1)NCCN2CCN1CCOCC1. The second kappa shape index (κ2) is 6.11. The van der Waals surface area contributed by atoms with Gasteiger partial charge in [-0.2, -0.15) is 0 Å². The van der Waals surface area contributed by atoms with Gasteiger partial charge in [-0.05, 0) is 18.2 Å². The lowest BCUT2D eigenvalue weighted by Crippen LogP contribution is -2.43. The van der Waals surface area contributed by atoms with E-state index in [-0.39, 0.29) is 0 Å². The maximum absolute atomic E-state index is 5.39. The Morgan fingerprint density at radius 2 is 2.00 bits per heavy atom. The molecule has 0 unspecified atom stereocenters. The number of ether oxygens (including phenoxy) is 1.